The van der Waals surface area contributed by atoms with Gasteiger partial charge in [-0.05, 0) is 43.3 Å². The number of methoxy groups -OCH3 is 1. The summed E-state index contributed by atoms with van der Waals surface area (Å²) < 4.78 is 5.37. The van der Waals surface area contributed by atoms with Crippen molar-refractivity contribution < 1.29 is 4.74 Å². The smallest absolute Gasteiger partial charge is 0.122 e. The van der Waals surface area contributed by atoms with Crippen molar-refractivity contribution in [2.75, 3.05) is 21.2 Å². The van der Waals surface area contributed by atoms with E-state index in [9.17, 15) is 0 Å². The van der Waals surface area contributed by atoms with Gasteiger partial charge in [0, 0.05) is 0 Å². The van der Waals surface area contributed by atoms with Crippen molar-refractivity contribution >= 4 is 0 Å². The predicted octanol–water partition coefficient (Wildman–Crippen LogP) is 1.84. The molecule has 4 heteroatoms. The number of hydrazine groups is 1. The van der Waals surface area contributed by atoms with Gasteiger partial charge in [-0.15, -0.1) is 0 Å². The summed E-state index contributed by atoms with van der Waals surface area (Å²) in [7, 11) is 5.68. The number of ether oxygens (including phenoxy) is 1. The van der Waals surface area contributed by atoms with Crippen LogP contribution in [-0.4, -0.2) is 26.1 Å². The predicted molar refractivity (Wildman–Crippen MR) is 70.8 cm³/mol. The third-order valence-corrected chi connectivity index (χ3v) is 2.87. The van der Waals surface area contributed by atoms with E-state index in [0.29, 0.717) is 5.92 Å². The van der Waals surface area contributed by atoms with Crippen molar-refractivity contribution in [3.8, 4) is 5.75 Å². The summed E-state index contributed by atoms with van der Waals surface area (Å²) in [5, 5.41) is 0. The fourth-order valence-corrected chi connectivity index (χ4v) is 1.92. The van der Waals surface area contributed by atoms with Gasteiger partial charge in [0.15, 0.2) is 0 Å². The lowest BCUT2D eigenvalue weighted by Gasteiger charge is -2.25. The van der Waals surface area contributed by atoms with Gasteiger partial charge < -0.3 is 4.74 Å². The SMILES string of the molecule is COc1ccc(C(NN)N(C)C)cc1C(C)C. The van der Waals surface area contributed by atoms with Gasteiger partial charge in [0.1, 0.15) is 5.75 Å². The van der Waals surface area contributed by atoms with E-state index >= 15 is 0 Å². The molecule has 3 N–H and O–H groups in total. The van der Waals surface area contributed by atoms with E-state index in [2.05, 4.69) is 25.3 Å². The van der Waals surface area contributed by atoms with E-state index in [1.165, 1.54) is 5.56 Å². The van der Waals surface area contributed by atoms with Crippen molar-refractivity contribution in [3.05, 3.63) is 29.3 Å². The Bertz CT molecular complexity index is 364. The van der Waals surface area contributed by atoms with Crippen LogP contribution in [0, 0.1) is 0 Å². The number of hydrogen-bond donors (Lipinski definition) is 2. The molecule has 0 aliphatic carbocycles. The van der Waals surface area contributed by atoms with Crippen LogP contribution in [0.15, 0.2) is 18.2 Å². The summed E-state index contributed by atoms with van der Waals surface area (Å²) in [5.41, 5.74) is 5.15. The molecule has 0 heterocycles. The molecule has 1 unspecified atom stereocenters. The standard InChI is InChI=1S/C13H23N3O/c1-9(2)11-8-10(6-7-12(11)17-5)13(15-14)16(3)4/h6-9,13,15H,14H2,1-5H3. The highest BCUT2D eigenvalue weighted by Gasteiger charge is 2.15. The van der Waals surface area contributed by atoms with Gasteiger partial charge >= 0.3 is 0 Å². The molecule has 17 heavy (non-hydrogen) atoms. The molecular formula is C13H23N3O. The molecule has 96 valence electrons. The molecule has 0 bridgehead atoms. The van der Waals surface area contributed by atoms with Crippen LogP contribution >= 0.6 is 0 Å². The van der Waals surface area contributed by atoms with E-state index in [0.717, 1.165) is 11.3 Å². The Labute approximate surface area is 104 Å². The summed E-state index contributed by atoms with van der Waals surface area (Å²) in [5.74, 6) is 6.93. The quantitative estimate of drug-likeness (QED) is 0.466. The first-order valence-electron chi connectivity index (χ1n) is 5.81. The van der Waals surface area contributed by atoms with Crippen LogP contribution in [0.4, 0.5) is 0 Å². The Balaban J connectivity index is 3.15. The van der Waals surface area contributed by atoms with Crippen molar-refractivity contribution in [3.63, 3.8) is 0 Å². The lowest BCUT2D eigenvalue weighted by molar-refractivity contribution is 0.252. The molecule has 1 atom stereocenters. The minimum Gasteiger partial charge on any atom is -0.496 e. The Morgan fingerprint density at radius 1 is 1.29 bits per heavy atom. The number of hydrogen-bond acceptors (Lipinski definition) is 4. The van der Waals surface area contributed by atoms with Crippen molar-refractivity contribution in [2.24, 2.45) is 5.84 Å². The first-order chi connectivity index (χ1) is 8.01. The zero-order valence-electron chi connectivity index (χ0n) is 11.3. The van der Waals surface area contributed by atoms with Gasteiger partial charge in [-0.3, -0.25) is 10.7 Å². The van der Waals surface area contributed by atoms with E-state index < -0.39 is 0 Å². The van der Waals surface area contributed by atoms with Gasteiger partial charge in [-0.25, -0.2) is 5.43 Å². The molecule has 0 saturated carbocycles. The van der Waals surface area contributed by atoms with Crippen LogP contribution in [-0.2, 0) is 0 Å². The minimum absolute atomic E-state index is 0.0124. The van der Waals surface area contributed by atoms with E-state index in [-0.39, 0.29) is 6.17 Å². The Hall–Kier alpha value is -1.10. The van der Waals surface area contributed by atoms with Crippen molar-refractivity contribution in [1.82, 2.24) is 10.3 Å². The average Bonchev–Trinajstić information content (AvgIpc) is 2.29. The molecule has 0 amide bonds. The molecule has 1 aromatic carbocycles. The van der Waals surface area contributed by atoms with Crippen molar-refractivity contribution in [2.45, 2.75) is 25.9 Å². The molecule has 0 aliphatic rings. The van der Waals surface area contributed by atoms with Crippen LogP contribution in [0.3, 0.4) is 0 Å². The summed E-state index contributed by atoms with van der Waals surface area (Å²) in [6.45, 7) is 4.31. The lowest BCUT2D eigenvalue weighted by Crippen LogP contribution is -2.37. The number of nitrogens with two attached hydrogens (primary N) is 1. The van der Waals surface area contributed by atoms with Gasteiger partial charge in [0.25, 0.3) is 0 Å². The molecule has 0 radical (unpaired) electrons. The van der Waals surface area contributed by atoms with Crippen molar-refractivity contribution in [1.29, 1.82) is 0 Å². The monoisotopic (exact) mass is 237 g/mol. The molecule has 0 aliphatic heterocycles. The second kappa shape index (κ2) is 6.00. The highest BCUT2D eigenvalue weighted by molar-refractivity contribution is 5.40. The van der Waals surface area contributed by atoms with E-state index in [4.69, 9.17) is 10.6 Å². The van der Waals surface area contributed by atoms with Gasteiger partial charge in [0.2, 0.25) is 0 Å². The molecule has 0 saturated heterocycles. The maximum Gasteiger partial charge on any atom is 0.122 e. The summed E-state index contributed by atoms with van der Waals surface area (Å²) >= 11 is 0. The number of nitrogens with zero attached hydrogens (tertiary/aromatic N) is 1. The number of benzene rings is 1. The summed E-state index contributed by atoms with van der Waals surface area (Å²) in [6.07, 6.45) is 0.0124. The third-order valence-electron chi connectivity index (χ3n) is 2.87. The fraction of sp³-hybridized carbons (Fsp3) is 0.538. The van der Waals surface area contributed by atoms with E-state index in [1.54, 1.807) is 7.11 Å². The lowest BCUT2D eigenvalue weighted by atomic mass is 9.98. The summed E-state index contributed by atoms with van der Waals surface area (Å²) in [4.78, 5) is 2.03. The van der Waals surface area contributed by atoms with Crippen LogP contribution in [0.25, 0.3) is 0 Å². The number of nitrogens with one attached hydrogen (secondary N) is 1. The summed E-state index contributed by atoms with van der Waals surface area (Å²) in [6, 6.07) is 6.18. The van der Waals surface area contributed by atoms with Crippen LogP contribution < -0.4 is 16.0 Å². The Morgan fingerprint density at radius 3 is 2.35 bits per heavy atom. The van der Waals surface area contributed by atoms with Gasteiger partial charge in [0.05, 0.1) is 13.3 Å². The molecule has 1 rings (SSSR count). The first kappa shape index (κ1) is 14.0. The first-order valence-corrected chi connectivity index (χ1v) is 5.81. The van der Waals surface area contributed by atoms with Crippen LogP contribution in [0.1, 0.15) is 37.1 Å². The second-order valence-electron chi connectivity index (χ2n) is 4.69. The Kier molecular flexibility index (Phi) is 4.93. The molecule has 0 aromatic heterocycles. The van der Waals surface area contributed by atoms with Gasteiger partial charge in [-0.2, -0.15) is 0 Å². The third kappa shape index (κ3) is 3.19. The largest absolute Gasteiger partial charge is 0.496 e. The topological polar surface area (TPSA) is 50.5 Å². The maximum atomic E-state index is 5.58. The fourth-order valence-electron chi connectivity index (χ4n) is 1.92. The molecule has 0 spiro atoms. The zero-order valence-corrected chi connectivity index (χ0v) is 11.3. The molecule has 4 nitrogen and oxygen atoms in total. The van der Waals surface area contributed by atoms with Crippen LogP contribution in [0.2, 0.25) is 0 Å². The molecule has 1 aromatic rings. The average molecular weight is 237 g/mol. The maximum absolute atomic E-state index is 5.58. The van der Waals surface area contributed by atoms with E-state index in [1.807, 2.05) is 31.1 Å². The molecule has 0 fully saturated rings. The van der Waals surface area contributed by atoms with Crippen LogP contribution in [0.5, 0.6) is 5.75 Å². The van der Waals surface area contributed by atoms with Gasteiger partial charge in [-0.1, -0.05) is 19.9 Å². The minimum atomic E-state index is 0.0124. The zero-order chi connectivity index (χ0) is 13.0. The second-order valence-corrected chi connectivity index (χ2v) is 4.69. The Morgan fingerprint density at radius 2 is 1.94 bits per heavy atom. The number of rotatable bonds is 5. The molecular weight excluding hydrogens is 214 g/mol. The normalized spacial score (nSPS) is 13.2. The highest BCUT2D eigenvalue weighted by Crippen LogP contribution is 2.29. The highest BCUT2D eigenvalue weighted by atomic mass is 16.5.